The maximum absolute atomic E-state index is 12.2. The summed E-state index contributed by atoms with van der Waals surface area (Å²) in [6.07, 6.45) is 1.47. The SMILES string of the molecule is COc1ccc(-c2cnn(CC(=O)Nc3ccc(C(C)C)cc3)c(=O)n2)cc1. The lowest BCUT2D eigenvalue weighted by Crippen LogP contribution is -2.31. The van der Waals surface area contributed by atoms with Crippen LogP contribution in [0.3, 0.4) is 0 Å². The molecule has 0 spiro atoms. The predicted octanol–water partition coefficient (Wildman–Crippen LogP) is 3.08. The number of ether oxygens (including phenoxy) is 1. The third kappa shape index (κ3) is 4.62. The van der Waals surface area contributed by atoms with Crippen molar-refractivity contribution in [1.29, 1.82) is 0 Å². The number of nitrogens with one attached hydrogen (secondary N) is 1. The summed E-state index contributed by atoms with van der Waals surface area (Å²) in [7, 11) is 1.58. The van der Waals surface area contributed by atoms with E-state index in [0.717, 1.165) is 10.2 Å². The van der Waals surface area contributed by atoms with Gasteiger partial charge in [-0.1, -0.05) is 26.0 Å². The van der Waals surface area contributed by atoms with Gasteiger partial charge in [0.25, 0.3) is 0 Å². The Kier molecular flexibility index (Phi) is 5.84. The minimum atomic E-state index is -0.585. The zero-order chi connectivity index (χ0) is 20.1. The normalized spacial score (nSPS) is 10.7. The summed E-state index contributed by atoms with van der Waals surface area (Å²) >= 11 is 0. The number of aromatic nitrogens is 3. The number of amides is 1. The minimum absolute atomic E-state index is 0.208. The van der Waals surface area contributed by atoms with Crippen LogP contribution in [0.15, 0.2) is 59.5 Å². The van der Waals surface area contributed by atoms with E-state index < -0.39 is 5.69 Å². The molecule has 2 aromatic carbocycles. The Morgan fingerprint density at radius 2 is 1.79 bits per heavy atom. The van der Waals surface area contributed by atoms with Crippen molar-refractivity contribution in [3.05, 3.63) is 70.8 Å². The quantitative estimate of drug-likeness (QED) is 0.712. The monoisotopic (exact) mass is 378 g/mol. The first-order valence-corrected chi connectivity index (χ1v) is 8.94. The third-order valence-corrected chi connectivity index (χ3v) is 4.30. The molecule has 1 amide bonds. The van der Waals surface area contributed by atoms with Crippen LogP contribution in [-0.4, -0.2) is 27.8 Å². The molecule has 0 fully saturated rings. The van der Waals surface area contributed by atoms with E-state index in [1.54, 1.807) is 31.4 Å². The summed E-state index contributed by atoms with van der Waals surface area (Å²) in [6.45, 7) is 4.00. The van der Waals surface area contributed by atoms with Gasteiger partial charge in [0.05, 0.1) is 19.0 Å². The maximum atomic E-state index is 12.2. The minimum Gasteiger partial charge on any atom is -0.497 e. The van der Waals surface area contributed by atoms with E-state index in [1.165, 1.54) is 11.8 Å². The van der Waals surface area contributed by atoms with E-state index in [1.807, 2.05) is 24.3 Å². The first kappa shape index (κ1) is 19.3. The molecule has 0 aliphatic rings. The van der Waals surface area contributed by atoms with E-state index in [4.69, 9.17) is 4.74 Å². The van der Waals surface area contributed by atoms with Crippen molar-refractivity contribution in [2.75, 3.05) is 12.4 Å². The number of methoxy groups -OCH3 is 1. The highest BCUT2D eigenvalue weighted by Gasteiger charge is 2.09. The molecule has 3 aromatic rings. The molecule has 144 valence electrons. The fourth-order valence-corrected chi connectivity index (χ4v) is 2.66. The van der Waals surface area contributed by atoms with Crippen LogP contribution in [-0.2, 0) is 11.3 Å². The summed E-state index contributed by atoms with van der Waals surface area (Å²) in [5, 5.41) is 6.83. The van der Waals surface area contributed by atoms with Crippen molar-refractivity contribution in [1.82, 2.24) is 14.8 Å². The predicted molar refractivity (Wildman–Crippen MR) is 107 cm³/mol. The molecule has 0 bridgehead atoms. The van der Waals surface area contributed by atoms with Gasteiger partial charge in [-0.3, -0.25) is 4.79 Å². The van der Waals surface area contributed by atoms with Gasteiger partial charge in [0.1, 0.15) is 12.3 Å². The summed E-state index contributed by atoms with van der Waals surface area (Å²) in [6, 6.07) is 14.8. The lowest BCUT2D eigenvalue weighted by Gasteiger charge is -2.09. The Hall–Kier alpha value is -3.48. The Bertz CT molecular complexity index is 1010. The second-order valence-electron chi connectivity index (χ2n) is 6.64. The fraction of sp³-hybridized carbons (Fsp3) is 0.238. The molecule has 7 heteroatoms. The van der Waals surface area contributed by atoms with Gasteiger partial charge in [-0.25, -0.2) is 9.48 Å². The number of carbonyl (C=O) groups is 1. The second-order valence-corrected chi connectivity index (χ2v) is 6.64. The second kappa shape index (κ2) is 8.47. The van der Waals surface area contributed by atoms with Crippen molar-refractivity contribution in [3.63, 3.8) is 0 Å². The Labute approximate surface area is 163 Å². The standard InChI is InChI=1S/C21H22N4O3/c1-14(2)15-4-8-17(9-5-15)23-20(26)13-25-21(27)24-19(12-22-25)16-6-10-18(28-3)11-7-16/h4-12,14H,13H2,1-3H3,(H,23,26). The van der Waals surface area contributed by atoms with Crippen molar-refractivity contribution in [2.45, 2.75) is 26.3 Å². The first-order chi connectivity index (χ1) is 13.5. The Balaban J connectivity index is 1.68. The average Bonchev–Trinajstić information content (AvgIpc) is 2.70. The van der Waals surface area contributed by atoms with Crippen molar-refractivity contribution in [3.8, 4) is 17.0 Å². The van der Waals surface area contributed by atoms with E-state index >= 15 is 0 Å². The van der Waals surface area contributed by atoms with Crippen LogP contribution < -0.4 is 15.7 Å². The molecule has 1 heterocycles. The maximum Gasteiger partial charge on any atom is 0.365 e. The van der Waals surface area contributed by atoms with Crippen LogP contribution in [0.1, 0.15) is 25.3 Å². The van der Waals surface area contributed by atoms with Crippen LogP contribution in [0.4, 0.5) is 5.69 Å². The van der Waals surface area contributed by atoms with E-state index in [-0.39, 0.29) is 12.5 Å². The lowest BCUT2D eigenvalue weighted by molar-refractivity contribution is -0.117. The summed E-state index contributed by atoms with van der Waals surface area (Å²) in [4.78, 5) is 28.5. The largest absolute Gasteiger partial charge is 0.497 e. The fourth-order valence-electron chi connectivity index (χ4n) is 2.66. The smallest absolute Gasteiger partial charge is 0.365 e. The average molecular weight is 378 g/mol. The van der Waals surface area contributed by atoms with E-state index in [9.17, 15) is 9.59 Å². The van der Waals surface area contributed by atoms with E-state index in [0.29, 0.717) is 23.0 Å². The van der Waals surface area contributed by atoms with Gasteiger partial charge in [-0.05, 0) is 47.9 Å². The first-order valence-electron chi connectivity index (χ1n) is 8.94. The zero-order valence-electron chi connectivity index (χ0n) is 16.0. The lowest BCUT2D eigenvalue weighted by atomic mass is 10.0. The molecule has 1 N–H and O–H groups in total. The van der Waals surface area contributed by atoms with Gasteiger partial charge >= 0.3 is 5.69 Å². The van der Waals surface area contributed by atoms with Crippen molar-refractivity contribution >= 4 is 11.6 Å². The molecule has 0 unspecified atom stereocenters. The molecule has 7 nitrogen and oxygen atoms in total. The third-order valence-electron chi connectivity index (χ3n) is 4.30. The van der Waals surface area contributed by atoms with Gasteiger partial charge in [0, 0.05) is 11.3 Å². The molecule has 3 rings (SSSR count). The number of hydrogen-bond acceptors (Lipinski definition) is 5. The zero-order valence-corrected chi connectivity index (χ0v) is 16.0. The molecule has 0 aliphatic carbocycles. The molecule has 0 aliphatic heterocycles. The molecule has 28 heavy (non-hydrogen) atoms. The molecular weight excluding hydrogens is 356 g/mol. The van der Waals surface area contributed by atoms with Gasteiger partial charge in [-0.15, -0.1) is 0 Å². The number of carbonyl (C=O) groups excluding carboxylic acids is 1. The summed E-state index contributed by atoms with van der Waals surface area (Å²) in [5.74, 6) is 0.789. The highest BCUT2D eigenvalue weighted by molar-refractivity contribution is 5.90. The molecule has 0 atom stereocenters. The molecule has 1 aromatic heterocycles. The molecule has 0 saturated heterocycles. The number of anilines is 1. The van der Waals surface area contributed by atoms with Gasteiger partial charge < -0.3 is 10.1 Å². The van der Waals surface area contributed by atoms with Crippen molar-refractivity contribution < 1.29 is 9.53 Å². The van der Waals surface area contributed by atoms with Gasteiger partial charge in [0.15, 0.2) is 0 Å². The summed E-state index contributed by atoms with van der Waals surface area (Å²) < 4.78 is 6.14. The van der Waals surface area contributed by atoms with Crippen LogP contribution in [0.25, 0.3) is 11.3 Å². The van der Waals surface area contributed by atoms with Crippen LogP contribution in [0, 0.1) is 0 Å². The highest BCUT2D eigenvalue weighted by Crippen LogP contribution is 2.19. The van der Waals surface area contributed by atoms with Crippen LogP contribution in [0.2, 0.25) is 0 Å². The Morgan fingerprint density at radius 1 is 1.11 bits per heavy atom. The van der Waals surface area contributed by atoms with Crippen molar-refractivity contribution in [2.24, 2.45) is 0 Å². The van der Waals surface area contributed by atoms with Gasteiger partial charge in [-0.2, -0.15) is 10.1 Å². The molecular formula is C21H22N4O3. The van der Waals surface area contributed by atoms with Crippen LogP contribution in [0.5, 0.6) is 5.75 Å². The van der Waals surface area contributed by atoms with Gasteiger partial charge in [0.2, 0.25) is 5.91 Å². The highest BCUT2D eigenvalue weighted by atomic mass is 16.5. The Morgan fingerprint density at radius 3 is 2.36 bits per heavy atom. The number of hydrogen-bond donors (Lipinski definition) is 1. The van der Waals surface area contributed by atoms with E-state index in [2.05, 4.69) is 29.2 Å². The number of nitrogens with zero attached hydrogens (tertiary/aromatic N) is 3. The number of rotatable bonds is 6. The molecule has 0 radical (unpaired) electrons. The topological polar surface area (TPSA) is 86.1 Å². The molecule has 0 saturated carbocycles. The summed E-state index contributed by atoms with van der Waals surface area (Å²) in [5.41, 5.74) is 2.46. The van der Waals surface area contributed by atoms with Crippen LogP contribution >= 0.6 is 0 Å². The number of benzene rings is 2.